The average Bonchev–Trinajstić information content (AvgIpc) is 2.40. The molecule has 2 N–H and O–H groups in total. The fourth-order valence-corrected chi connectivity index (χ4v) is 2.84. The van der Waals surface area contributed by atoms with Crippen LogP contribution in [0.4, 0.5) is 11.4 Å². The van der Waals surface area contributed by atoms with Gasteiger partial charge < -0.3 is 15.5 Å². The van der Waals surface area contributed by atoms with Crippen molar-refractivity contribution < 1.29 is 4.79 Å². The molecule has 0 unspecified atom stereocenters. The summed E-state index contributed by atoms with van der Waals surface area (Å²) in [6, 6.07) is 8.07. The van der Waals surface area contributed by atoms with E-state index in [1.807, 2.05) is 18.2 Å². The average molecular weight is 245 g/mol. The summed E-state index contributed by atoms with van der Waals surface area (Å²) in [5.74, 6) is 0.799. The van der Waals surface area contributed by atoms with Crippen LogP contribution in [0.1, 0.15) is 12.8 Å². The van der Waals surface area contributed by atoms with E-state index in [1.165, 1.54) is 12.8 Å². The van der Waals surface area contributed by atoms with E-state index in [4.69, 9.17) is 0 Å². The van der Waals surface area contributed by atoms with Crippen LogP contribution in [0.15, 0.2) is 24.3 Å². The molecule has 1 saturated heterocycles. The topological polar surface area (TPSA) is 44.4 Å². The van der Waals surface area contributed by atoms with Crippen molar-refractivity contribution in [1.29, 1.82) is 0 Å². The number of fused-ring (bicyclic) bond motifs is 1. The van der Waals surface area contributed by atoms with Crippen LogP contribution in [0, 0.1) is 5.92 Å². The lowest BCUT2D eigenvalue weighted by molar-refractivity contribution is -0.115. The Kier molecular flexibility index (Phi) is 3.19. The van der Waals surface area contributed by atoms with Gasteiger partial charge >= 0.3 is 0 Å². The molecule has 0 radical (unpaired) electrons. The maximum atomic E-state index is 11.7. The van der Waals surface area contributed by atoms with Crippen molar-refractivity contribution in [3.05, 3.63) is 24.3 Å². The largest absolute Gasteiger partial charge is 0.360 e. The van der Waals surface area contributed by atoms with E-state index in [9.17, 15) is 4.79 Å². The number of benzene rings is 1. The Hall–Kier alpha value is -1.55. The first-order valence-corrected chi connectivity index (χ1v) is 6.67. The van der Waals surface area contributed by atoms with Gasteiger partial charge in [-0.2, -0.15) is 0 Å². The van der Waals surface area contributed by atoms with Crippen molar-refractivity contribution in [3.63, 3.8) is 0 Å². The van der Waals surface area contributed by atoms with Crippen LogP contribution in [0.25, 0.3) is 0 Å². The molecule has 0 spiro atoms. The van der Waals surface area contributed by atoms with Gasteiger partial charge in [-0.05, 0) is 44.0 Å². The lowest BCUT2D eigenvalue weighted by Crippen LogP contribution is -2.42. The number of nitrogens with one attached hydrogen (secondary N) is 2. The van der Waals surface area contributed by atoms with Crippen molar-refractivity contribution in [1.82, 2.24) is 5.32 Å². The molecule has 1 aromatic rings. The molecule has 2 aliphatic rings. The van der Waals surface area contributed by atoms with Gasteiger partial charge in [0.2, 0.25) is 5.91 Å². The second kappa shape index (κ2) is 4.98. The summed E-state index contributed by atoms with van der Waals surface area (Å²) < 4.78 is 0. The summed E-state index contributed by atoms with van der Waals surface area (Å²) in [5, 5.41) is 6.32. The number of nitrogens with zero attached hydrogens (tertiary/aromatic N) is 1. The van der Waals surface area contributed by atoms with Crippen molar-refractivity contribution in [2.45, 2.75) is 12.8 Å². The second-order valence-corrected chi connectivity index (χ2v) is 5.14. The minimum Gasteiger partial charge on any atom is -0.360 e. The number of carbonyl (C=O) groups excluding carboxylic acids is 1. The zero-order valence-electron chi connectivity index (χ0n) is 10.5. The van der Waals surface area contributed by atoms with Crippen LogP contribution in [0.5, 0.6) is 0 Å². The molecule has 1 aromatic carbocycles. The van der Waals surface area contributed by atoms with Crippen LogP contribution in [-0.2, 0) is 4.79 Å². The number of carbonyl (C=O) groups is 1. The van der Waals surface area contributed by atoms with Crippen molar-refractivity contribution in [3.8, 4) is 0 Å². The van der Waals surface area contributed by atoms with Gasteiger partial charge in [0.1, 0.15) is 0 Å². The standard InChI is InChI=1S/C14H19N3O/c18-14-10-17(9-11-5-7-15-8-6-11)13-4-2-1-3-12(13)16-14/h1-4,11,15H,5-10H2,(H,16,18). The summed E-state index contributed by atoms with van der Waals surface area (Å²) in [6.07, 6.45) is 2.42. The molecule has 0 bridgehead atoms. The van der Waals surface area contributed by atoms with E-state index >= 15 is 0 Å². The smallest absolute Gasteiger partial charge is 0.243 e. The maximum Gasteiger partial charge on any atom is 0.243 e. The molecule has 4 nitrogen and oxygen atoms in total. The van der Waals surface area contributed by atoms with Gasteiger partial charge in [0, 0.05) is 6.54 Å². The summed E-state index contributed by atoms with van der Waals surface area (Å²) in [7, 11) is 0. The van der Waals surface area contributed by atoms with Crippen LogP contribution >= 0.6 is 0 Å². The lowest BCUT2D eigenvalue weighted by Gasteiger charge is -2.35. The molecule has 1 amide bonds. The third kappa shape index (κ3) is 2.34. The Morgan fingerprint density at radius 1 is 1.22 bits per heavy atom. The molecule has 1 fully saturated rings. The SMILES string of the molecule is O=C1CN(CC2CCNCC2)c2ccccc2N1. The quantitative estimate of drug-likeness (QED) is 0.829. The van der Waals surface area contributed by atoms with Gasteiger partial charge in [0.25, 0.3) is 0 Å². The fraction of sp³-hybridized carbons (Fsp3) is 0.500. The van der Waals surface area contributed by atoms with Gasteiger partial charge in [0.05, 0.1) is 17.9 Å². The molecule has 18 heavy (non-hydrogen) atoms. The predicted molar refractivity (Wildman–Crippen MR) is 72.9 cm³/mol. The molecule has 4 heteroatoms. The maximum absolute atomic E-state index is 11.7. The molecule has 0 aromatic heterocycles. The molecule has 0 saturated carbocycles. The van der Waals surface area contributed by atoms with Crippen molar-refractivity contribution in [2.24, 2.45) is 5.92 Å². The highest BCUT2D eigenvalue weighted by Gasteiger charge is 2.24. The highest BCUT2D eigenvalue weighted by molar-refractivity contribution is 6.01. The van der Waals surface area contributed by atoms with Gasteiger partial charge in [-0.1, -0.05) is 12.1 Å². The van der Waals surface area contributed by atoms with Gasteiger partial charge in [0.15, 0.2) is 0 Å². The highest BCUT2D eigenvalue weighted by atomic mass is 16.2. The van der Waals surface area contributed by atoms with Crippen LogP contribution in [0.3, 0.4) is 0 Å². The molecular weight excluding hydrogens is 226 g/mol. The minimum absolute atomic E-state index is 0.0997. The number of hydrogen-bond acceptors (Lipinski definition) is 3. The monoisotopic (exact) mass is 245 g/mol. The molecule has 0 atom stereocenters. The number of piperidine rings is 1. The van der Waals surface area contributed by atoms with E-state index in [-0.39, 0.29) is 5.91 Å². The van der Waals surface area contributed by atoms with E-state index in [2.05, 4.69) is 21.6 Å². The minimum atomic E-state index is 0.0997. The lowest BCUT2D eigenvalue weighted by atomic mass is 9.97. The Morgan fingerprint density at radius 3 is 2.83 bits per heavy atom. The highest BCUT2D eigenvalue weighted by Crippen LogP contribution is 2.30. The Bertz CT molecular complexity index is 440. The second-order valence-electron chi connectivity index (χ2n) is 5.14. The fourth-order valence-electron chi connectivity index (χ4n) is 2.84. The molecule has 3 rings (SSSR count). The number of hydrogen-bond donors (Lipinski definition) is 2. The summed E-state index contributed by atoms with van der Waals surface area (Å²) in [5.41, 5.74) is 2.11. The van der Waals surface area contributed by atoms with E-state index in [0.717, 1.165) is 31.0 Å². The molecule has 2 heterocycles. The molecule has 0 aliphatic carbocycles. The molecular formula is C14H19N3O. The molecule has 2 aliphatic heterocycles. The Labute approximate surface area is 107 Å². The van der Waals surface area contributed by atoms with Crippen molar-refractivity contribution in [2.75, 3.05) is 36.4 Å². The van der Waals surface area contributed by atoms with Crippen LogP contribution < -0.4 is 15.5 Å². The third-order valence-corrected chi connectivity index (χ3v) is 3.79. The number of anilines is 2. The first-order valence-electron chi connectivity index (χ1n) is 6.67. The molecule has 96 valence electrons. The van der Waals surface area contributed by atoms with Gasteiger partial charge in [-0.3, -0.25) is 4.79 Å². The Morgan fingerprint density at radius 2 is 2.00 bits per heavy atom. The first kappa shape index (κ1) is 11.5. The number of amides is 1. The van der Waals surface area contributed by atoms with E-state index < -0.39 is 0 Å². The Balaban J connectivity index is 1.77. The predicted octanol–water partition coefficient (Wildman–Crippen LogP) is 1.44. The summed E-state index contributed by atoms with van der Waals surface area (Å²) >= 11 is 0. The van der Waals surface area contributed by atoms with E-state index in [1.54, 1.807) is 0 Å². The normalized spacial score (nSPS) is 20.4. The number of rotatable bonds is 2. The first-order chi connectivity index (χ1) is 8.83. The zero-order valence-corrected chi connectivity index (χ0v) is 10.5. The van der Waals surface area contributed by atoms with Crippen LogP contribution in [0.2, 0.25) is 0 Å². The van der Waals surface area contributed by atoms with Crippen LogP contribution in [-0.4, -0.2) is 32.1 Å². The number of para-hydroxylation sites is 2. The van der Waals surface area contributed by atoms with Crippen molar-refractivity contribution >= 4 is 17.3 Å². The summed E-state index contributed by atoms with van der Waals surface area (Å²) in [6.45, 7) is 3.69. The van der Waals surface area contributed by atoms with E-state index in [0.29, 0.717) is 12.5 Å². The van der Waals surface area contributed by atoms with Gasteiger partial charge in [-0.15, -0.1) is 0 Å². The third-order valence-electron chi connectivity index (χ3n) is 3.79. The summed E-state index contributed by atoms with van der Waals surface area (Å²) in [4.78, 5) is 13.9. The zero-order chi connectivity index (χ0) is 12.4. The van der Waals surface area contributed by atoms with Gasteiger partial charge in [-0.25, -0.2) is 0 Å².